The lowest BCUT2D eigenvalue weighted by Gasteiger charge is -2.17. The summed E-state index contributed by atoms with van der Waals surface area (Å²) < 4.78 is 13.0. The summed E-state index contributed by atoms with van der Waals surface area (Å²) in [6, 6.07) is 13.1. The summed E-state index contributed by atoms with van der Waals surface area (Å²) >= 11 is 0. The SMILES string of the molecule is Cc1ccccc1C(=O)N1C[C@H](C(=O)c2ccc(F)cc2)[C@@H](C)C1. The normalized spacial score (nSPS) is 20.2. The van der Waals surface area contributed by atoms with Crippen LogP contribution < -0.4 is 0 Å². The number of halogens is 1. The topological polar surface area (TPSA) is 37.4 Å². The van der Waals surface area contributed by atoms with E-state index < -0.39 is 0 Å². The molecule has 0 spiro atoms. The maximum absolute atomic E-state index is 13.0. The summed E-state index contributed by atoms with van der Waals surface area (Å²) in [7, 11) is 0. The summed E-state index contributed by atoms with van der Waals surface area (Å²) in [4.78, 5) is 27.2. The number of carbonyl (C=O) groups is 2. The molecule has 1 heterocycles. The second-order valence-electron chi connectivity index (χ2n) is 6.48. The van der Waals surface area contributed by atoms with Crippen molar-refractivity contribution in [2.45, 2.75) is 13.8 Å². The first-order valence-corrected chi connectivity index (χ1v) is 8.12. The van der Waals surface area contributed by atoms with Crippen molar-refractivity contribution in [2.75, 3.05) is 13.1 Å². The van der Waals surface area contributed by atoms with Crippen LogP contribution in [-0.4, -0.2) is 29.7 Å². The number of benzene rings is 2. The lowest BCUT2D eigenvalue weighted by atomic mass is 9.90. The third kappa shape index (κ3) is 3.09. The minimum Gasteiger partial charge on any atom is -0.338 e. The largest absolute Gasteiger partial charge is 0.338 e. The molecule has 0 aromatic heterocycles. The van der Waals surface area contributed by atoms with Crippen molar-refractivity contribution in [1.82, 2.24) is 4.90 Å². The van der Waals surface area contributed by atoms with Gasteiger partial charge in [0.15, 0.2) is 5.78 Å². The van der Waals surface area contributed by atoms with E-state index in [0.29, 0.717) is 24.2 Å². The second kappa shape index (κ2) is 6.56. The van der Waals surface area contributed by atoms with E-state index in [-0.39, 0.29) is 29.3 Å². The summed E-state index contributed by atoms with van der Waals surface area (Å²) in [5, 5.41) is 0. The van der Waals surface area contributed by atoms with E-state index in [4.69, 9.17) is 0 Å². The molecule has 1 aliphatic heterocycles. The summed E-state index contributed by atoms with van der Waals surface area (Å²) in [5.74, 6) is -0.585. The van der Waals surface area contributed by atoms with E-state index in [1.54, 1.807) is 4.90 Å². The van der Waals surface area contributed by atoms with Crippen molar-refractivity contribution in [1.29, 1.82) is 0 Å². The molecule has 0 unspecified atom stereocenters. The fourth-order valence-corrected chi connectivity index (χ4v) is 3.29. The Morgan fingerprint density at radius 3 is 2.38 bits per heavy atom. The zero-order valence-corrected chi connectivity index (χ0v) is 13.8. The molecular formula is C20H20FNO2. The zero-order valence-electron chi connectivity index (χ0n) is 13.8. The van der Waals surface area contributed by atoms with Crippen molar-refractivity contribution in [3.05, 3.63) is 71.0 Å². The number of amides is 1. The maximum Gasteiger partial charge on any atom is 0.254 e. The average Bonchev–Trinajstić information content (AvgIpc) is 2.96. The third-order valence-electron chi connectivity index (χ3n) is 4.74. The monoisotopic (exact) mass is 325 g/mol. The second-order valence-corrected chi connectivity index (χ2v) is 6.48. The lowest BCUT2D eigenvalue weighted by molar-refractivity contribution is 0.0779. The summed E-state index contributed by atoms with van der Waals surface area (Å²) in [6.07, 6.45) is 0. The summed E-state index contributed by atoms with van der Waals surface area (Å²) in [5.41, 5.74) is 2.11. The fraction of sp³-hybridized carbons (Fsp3) is 0.300. The zero-order chi connectivity index (χ0) is 17.3. The first kappa shape index (κ1) is 16.4. The van der Waals surface area contributed by atoms with Crippen LogP contribution in [0.25, 0.3) is 0 Å². The molecule has 24 heavy (non-hydrogen) atoms. The molecular weight excluding hydrogens is 305 g/mol. The molecule has 1 aliphatic rings. The number of nitrogens with zero attached hydrogens (tertiary/aromatic N) is 1. The number of ketones is 1. The van der Waals surface area contributed by atoms with Gasteiger partial charge in [-0.15, -0.1) is 0 Å². The Labute approximate surface area is 141 Å². The number of carbonyl (C=O) groups excluding carboxylic acids is 2. The van der Waals surface area contributed by atoms with Gasteiger partial charge < -0.3 is 4.90 Å². The van der Waals surface area contributed by atoms with Crippen LogP contribution in [0.4, 0.5) is 4.39 Å². The standard InChI is InChI=1S/C20H20FNO2/c1-13-5-3-4-6-17(13)20(24)22-11-14(2)18(12-22)19(23)15-7-9-16(21)10-8-15/h3-10,14,18H,11-12H2,1-2H3/t14-,18-/m0/s1. The number of aryl methyl sites for hydroxylation is 1. The van der Waals surface area contributed by atoms with Gasteiger partial charge in [-0.2, -0.15) is 0 Å². The molecule has 2 atom stereocenters. The Morgan fingerprint density at radius 1 is 1.04 bits per heavy atom. The molecule has 0 radical (unpaired) electrons. The minimum atomic E-state index is -0.359. The van der Waals surface area contributed by atoms with Crippen LogP contribution in [0.5, 0.6) is 0 Å². The van der Waals surface area contributed by atoms with Gasteiger partial charge in [-0.1, -0.05) is 25.1 Å². The molecule has 0 aliphatic carbocycles. The van der Waals surface area contributed by atoms with Gasteiger partial charge in [0.05, 0.1) is 0 Å². The molecule has 4 heteroatoms. The van der Waals surface area contributed by atoms with Gasteiger partial charge in [-0.05, 0) is 48.7 Å². The third-order valence-corrected chi connectivity index (χ3v) is 4.74. The molecule has 1 fully saturated rings. The Hall–Kier alpha value is -2.49. The average molecular weight is 325 g/mol. The molecule has 2 aromatic carbocycles. The van der Waals surface area contributed by atoms with E-state index in [1.165, 1.54) is 24.3 Å². The number of rotatable bonds is 3. The molecule has 0 N–H and O–H groups in total. The van der Waals surface area contributed by atoms with Crippen molar-refractivity contribution in [3.8, 4) is 0 Å². The van der Waals surface area contributed by atoms with Crippen molar-refractivity contribution in [2.24, 2.45) is 11.8 Å². The van der Waals surface area contributed by atoms with Gasteiger partial charge in [0.2, 0.25) is 0 Å². The van der Waals surface area contributed by atoms with Crippen molar-refractivity contribution in [3.63, 3.8) is 0 Å². The van der Waals surface area contributed by atoms with Crippen LogP contribution in [0, 0.1) is 24.6 Å². The Balaban J connectivity index is 1.77. The Bertz CT molecular complexity index is 769. The van der Waals surface area contributed by atoms with Gasteiger partial charge in [0.25, 0.3) is 5.91 Å². The highest BCUT2D eigenvalue weighted by molar-refractivity contribution is 6.00. The molecule has 124 valence electrons. The Morgan fingerprint density at radius 2 is 1.71 bits per heavy atom. The smallest absolute Gasteiger partial charge is 0.254 e. The van der Waals surface area contributed by atoms with Crippen LogP contribution in [0.15, 0.2) is 48.5 Å². The molecule has 0 bridgehead atoms. The quantitative estimate of drug-likeness (QED) is 0.807. The van der Waals surface area contributed by atoms with Crippen molar-refractivity contribution < 1.29 is 14.0 Å². The molecule has 3 nitrogen and oxygen atoms in total. The molecule has 3 rings (SSSR count). The van der Waals surface area contributed by atoms with E-state index >= 15 is 0 Å². The van der Waals surface area contributed by atoms with Crippen LogP contribution in [0.2, 0.25) is 0 Å². The van der Waals surface area contributed by atoms with Gasteiger partial charge in [-0.25, -0.2) is 4.39 Å². The molecule has 1 amide bonds. The van der Waals surface area contributed by atoms with E-state index in [2.05, 4.69) is 0 Å². The highest BCUT2D eigenvalue weighted by Gasteiger charge is 2.37. The number of likely N-dealkylation sites (tertiary alicyclic amines) is 1. The summed E-state index contributed by atoms with van der Waals surface area (Å²) in [6.45, 7) is 4.86. The van der Waals surface area contributed by atoms with Crippen LogP contribution in [0.1, 0.15) is 33.2 Å². The van der Waals surface area contributed by atoms with Gasteiger partial charge in [0.1, 0.15) is 5.82 Å². The highest BCUT2D eigenvalue weighted by atomic mass is 19.1. The maximum atomic E-state index is 13.0. The first-order chi connectivity index (χ1) is 11.5. The van der Waals surface area contributed by atoms with Gasteiger partial charge in [-0.3, -0.25) is 9.59 Å². The van der Waals surface area contributed by atoms with E-state index in [1.807, 2.05) is 38.1 Å². The van der Waals surface area contributed by atoms with Gasteiger partial charge >= 0.3 is 0 Å². The number of Topliss-reactive ketones (excluding diaryl/α,β-unsaturated/α-hetero) is 1. The van der Waals surface area contributed by atoms with E-state index in [9.17, 15) is 14.0 Å². The fourth-order valence-electron chi connectivity index (χ4n) is 3.29. The van der Waals surface area contributed by atoms with Gasteiger partial charge in [0, 0.05) is 30.1 Å². The first-order valence-electron chi connectivity index (χ1n) is 8.12. The van der Waals surface area contributed by atoms with Crippen LogP contribution >= 0.6 is 0 Å². The lowest BCUT2D eigenvalue weighted by Crippen LogP contribution is -2.30. The number of hydrogen-bond acceptors (Lipinski definition) is 2. The van der Waals surface area contributed by atoms with E-state index in [0.717, 1.165) is 5.56 Å². The predicted octanol–water partition coefficient (Wildman–Crippen LogP) is 3.73. The molecule has 0 saturated carbocycles. The Kier molecular flexibility index (Phi) is 4.47. The van der Waals surface area contributed by atoms with Crippen molar-refractivity contribution >= 4 is 11.7 Å². The molecule has 2 aromatic rings. The predicted molar refractivity (Wildman–Crippen MR) is 90.5 cm³/mol. The highest BCUT2D eigenvalue weighted by Crippen LogP contribution is 2.28. The van der Waals surface area contributed by atoms with Crippen LogP contribution in [-0.2, 0) is 0 Å². The number of hydrogen-bond donors (Lipinski definition) is 0. The molecule has 1 saturated heterocycles. The minimum absolute atomic E-state index is 0.0254. The van der Waals surface area contributed by atoms with Crippen LogP contribution in [0.3, 0.4) is 0 Å².